The molecule has 1 aromatic carbocycles. The lowest BCUT2D eigenvalue weighted by Gasteiger charge is -2.32. The van der Waals surface area contributed by atoms with Crippen molar-refractivity contribution in [3.8, 4) is 12.1 Å². The quantitative estimate of drug-likeness (QED) is 0.548. The van der Waals surface area contributed by atoms with E-state index in [2.05, 4.69) is 27.5 Å². The molecule has 10 nitrogen and oxygen atoms in total. The highest BCUT2D eigenvalue weighted by molar-refractivity contribution is 6.33. The third-order valence-electron chi connectivity index (χ3n) is 4.67. The Labute approximate surface area is 178 Å². The summed E-state index contributed by atoms with van der Waals surface area (Å²) in [6.07, 6.45) is 3.55. The molecule has 0 bridgehead atoms. The predicted molar refractivity (Wildman–Crippen MR) is 112 cm³/mol. The fourth-order valence-corrected chi connectivity index (χ4v) is 3.23. The molecule has 4 rings (SSSR count). The molecule has 0 saturated heterocycles. The molecular weight excluding hydrogens is 404 g/mol. The first kappa shape index (κ1) is 19.9. The van der Waals surface area contributed by atoms with E-state index in [-0.39, 0.29) is 11.6 Å². The van der Waals surface area contributed by atoms with Gasteiger partial charge in [-0.2, -0.15) is 20.0 Å². The van der Waals surface area contributed by atoms with E-state index in [4.69, 9.17) is 22.3 Å². The zero-order valence-electron chi connectivity index (χ0n) is 16.2. The Bertz CT molecular complexity index is 1170. The Hall–Kier alpha value is -3.44. The number of nitrogens with two attached hydrogens (primary N) is 1. The van der Waals surface area contributed by atoms with Crippen LogP contribution in [0.2, 0.25) is 5.02 Å². The molecule has 1 fully saturated rings. The summed E-state index contributed by atoms with van der Waals surface area (Å²) in [6, 6.07) is 9.49. The second-order valence-corrected chi connectivity index (χ2v) is 7.34. The Morgan fingerprint density at radius 2 is 2.13 bits per heavy atom. The van der Waals surface area contributed by atoms with Crippen molar-refractivity contribution in [2.45, 2.75) is 18.9 Å². The molecular formula is C19H19ClN10. The molecule has 0 atom stereocenters. The number of anilines is 3. The van der Waals surface area contributed by atoms with E-state index in [0.29, 0.717) is 46.9 Å². The first-order valence-corrected chi connectivity index (χ1v) is 9.76. The summed E-state index contributed by atoms with van der Waals surface area (Å²) in [4.78, 5) is 8.99. The van der Waals surface area contributed by atoms with Gasteiger partial charge in [0.2, 0.25) is 0 Å². The van der Waals surface area contributed by atoms with Gasteiger partial charge < -0.3 is 11.1 Å². The van der Waals surface area contributed by atoms with Crippen LogP contribution in [0.15, 0.2) is 24.4 Å². The highest BCUT2D eigenvalue weighted by Gasteiger charge is 2.27. The van der Waals surface area contributed by atoms with Gasteiger partial charge in [-0.1, -0.05) is 11.6 Å². The number of aromatic nitrogens is 4. The van der Waals surface area contributed by atoms with Gasteiger partial charge in [-0.05, 0) is 31.0 Å². The monoisotopic (exact) mass is 422 g/mol. The number of benzene rings is 1. The topological polar surface area (TPSA) is 135 Å². The maximum atomic E-state index is 9.47. The van der Waals surface area contributed by atoms with Crippen molar-refractivity contribution in [2.75, 3.05) is 30.5 Å². The highest BCUT2D eigenvalue weighted by Crippen LogP contribution is 2.34. The first-order chi connectivity index (χ1) is 14.5. The van der Waals surface area contributed by atoms with Gasteiger partial charge in [0, 0.05) is 26.2 Å². The van der Waals surface area contributed by atoms with Crippen LogP contribution in [0.3, 0.4) is 0 Å². The number of rotatable bonds is 7. The first-order valence-electron chi connectivity index (χ1n) is 9.39. The molecule has 30 heavy (non-hydrogen) atoms. The number of nitrogens with one attached hydrogen (secondary N) is 1. The molecule has 0 aliphatic heterocycles. The lowest BCUT2D eigenvalue weighted by atomic mass is 10.2. The molecule has 3 N–H and O–H groups in total. The van der Waals surface area contributed by atoms with Crippen LogP contribution in [-0.4, -0.2) is 50.8 Å². The number of fused-ring (bicyclic) bond motifs is 1. The summed E-state index contributed by atoms with van der Waals surface area (Å²) in [5, 5.41) is 30.6. The van der Waals surface area contributed by atoms with E-state index < -0.39 is 0 Å². The van der Waals surface area contributed by atoms with Crippen molar-refractivity contribution in [2.24, 2.45) is 5.73 Å². The van der Waals surface area contributed by atoms with Gasteiger partial charge in [0.05, 0.1) is 28.5 Å². The molecule has 1 saturated carbocycles. The van der Waals surface area contributed by atoms with Crippen LogP contribution in [0.25, 0.3) is 5.65 Å². The molecule has 2 aromatic heterocycles. The summed E-state index contributed by atoms with van der Waals surface area (Å²) < 4.78 is 1.46. The minimum atomic E-state index is 0.271. The lowest BCUT2D eigenvalue weighted by molar-refractivity contribution is 0.343. The van der Waals surface area contributed by atoms with E-state index >= 15 is 0 Å². The van der Waals surface area contributed by atoms with E-state index in [1.165, 1.54) is 10.7 Å². The third kappa shape index (κ3) is 3.72. The molecule has 0 radical (unpaired) electrons. The maximum Gasteiger partial charge on any atom is 0.265 e. The number of hydrogen-bond acceptors (Lipinski definition) is 9. The molecule has 3 aromatic rings. The Morgan fingerprint density at radius 1 is 1.33 bits per heavy atom. The lowest BCUT2D eigenvalue weighted by Crippen LogP contribution is -2.41. The standard InChI is InChI=1S/C19H19ClN10/c1-28(7-6-21)30(16-8-12(9-22)2-5-15(16)20)19-26-17(25-13-3-4-13)18-24-11-14(10-23)29(18)27-19/h2,5,8,11,13H,3-4,6-7,21H2,1H3,(H,25,26,27). The van der Waals surface area contributed by atoms with Gasteiger partial charge in [0.1, 0.15) is 6.07 Å². The van der Waals surface area contributed by atoms with Crippen molar-refractivity contribution < 1.29 is 0 Å². The minimum absolute atomic E-state index is 0.271. The number of nitrogens with zero attached hydrogens (tertiary/aromatic N) is 8. The average Bonchev–Trinajstić information content (AvgIpc) is 3.46. The zero-order valence-corrected chi connectivity index (χ0v) is 17.0. The van der Waals surface area contributed by atoms with Gasteiger partial charge in [-0.25, -0.2) is 15.0 Å². The van der Waals surface area contributed by atoms with Crippen LogP contribution in [0, 0.1) is 22.7 Å². The number of imidazole rings is 1. The Balaban J connectivity index is 1.92. The fraction of sp³-hybridized carbons (Fsp3) is 0.316. The summed E-state index contributed by atoms with van der Waals surface area (Å²) >= 11 is 6.48. The number of halogens is 1. The van der Waals surface area contributed by atoms with E-state index in [0.717, 1.165) is 12.8 Å². The average molecular weight is 423 g/mol. The van der Waals surface area contributed by atoms with Gasteiger partial charge >= 0.3 is 0 Å². The van der Waals surface area contributed by atoms with Gasteiger partial charge in [-0.15, -0.1) is 5.10 Å². The van der Waals surface area contributed by atoms with Crippen molar-refractivity contribution in [1.82, 2.24) is 24.6 Å². The van der Waals surface area contributed by atoms with E-state index in [9.17, 15) is 10.5 Å². The van der Waals surface area contributed by atoms with Crippen LogP contribution in [0.1, 0.15) is 24.1 Å². The SMILES string of the molecule is CN(CCN)N(c1nc(NC2CC2)c2ncc(C#N)n2n1)c1cc(C#N)ccc1Cl. The van der Waals surface area contributed by atoms with Crippen molar-refractivity contribution >= 4 is 34.7 Å². The Morgan fingerprint density at radius 3 is 2.80 bits per heavy atom. The predicted octanol–water partition coefficient (Wildman–Crippen LogP) is 2.04. The van der Waals surface area contributed by atoms with Gasteiger partial charge in [0.15, 0.2) is 17.2 Å². The second-order valence-electron chi connectivity index (χ2n) is 6.93. The summed E-state index contributed by atoms with van der Waals surface area (Å²) in [5.74, 6) is 0.802. The minimum Gasteiger partial charge on any atom is -0.364 e. The maximum absolute atomic E-state index is 9.47. The molecule has 152 valence electrons. The van der Waals surface area contributed by atoms with Gasteiger partial charge in [0.25, 0.3) is 5.95 Å². The van der Waals surface area contributed by atoms with Crippen molar-refractivity contribution in [1.29, 1.82) is 10.5 Å². The second kappa shape index (κ2) is 8.13. The highest BCUT2D eigenvalue weighted by atomic mass is 35.5. The van der Waals surface area contributed by atoms with Crippen LogP contribution in [-0.2, 0) is 0 Å². The summed E-state index contributed by atoms with van der Waals surface area (Å²) in [5.41, 5.74) is 7.50. The van der Waals surface area contributed by atoms with Crippen molar-refractivity contribution in [3.05, 3.63) is 40.7 Å². The molecule has 0 spiro atoms. The third-order valence-corrected chi connectivity index (χ3v) is 4.99. The molecule has 11 heteroatoms. The molecule has 0 amide bonds. The fourth-order valence-electron chi connectivity index (χ4n) is 3.03. The van der Waals surface area contributed by atoms with Crippen LogP contribution in [0.5, 0.6) is 0 Å². The molecule has 1 aliphatic rings. The van der Waals surface area contributed by atoms with E-state index in [1.807, 2.05) is 12.1 Å². The smallest absolute Gasteiger partial charge is 0.265 e. The number of likely N-dealkylation sites (N-methyl/N-ethyl adjacent to an activating group) is 1. The van der Waals surface area contributed by atoms with Crippen LogP contribution in [0.4, 0.5) is 17.5 Å². The summed E-state index contributed by atoms with van der Waals surface area (Å²) in [6.45, 7) is 0.863. The molecule has 0 unspecified atom stereocenters. The Kier molecular flexibility index (Phi) is 5.38. The van der Waals surface area contributed by atoms with Crippen LogP contribution >= 0.6 is 11.6 Å². The molecule has 2 heterocycles. The van der Waals surface area contributed by atoms with Gasteiger partial charge in [-0.3, -0.25) is 0 Å². The number of hydrazine groups is 1. The zero-order chi connectivity index (χ0) is 21.3. The van der Waals surface area contributed by atoms with Crippen molar-refractivity contribution in [3.63, 3.8) is 0 Å². The normalized spacial score (nSPS) is 13.3. The largest absolute Gasteiger partial charge is 0.364 e. The summed E-state index contributed by atoms with van der Waals surface area (Å²) in [7, 11) is 1.82. The number of nitriles is 2. The van der Waals surface area contributed by atoms with E-state index in [1.54, 1.807) is 23.2 Å². The number of hydrogen-bond donors (Lipinski definition) is 2. The molecule has 1 aliphatic carbocycles. The van der Waals surface area contributed by atoms with Crippen LogP contribution < -0.4 is 16.1 Å².